The first-order chi connectivity index (χ1) is 8.63. The van der Waals surface area contributed by atoms with E-state index in [2.05, 4.69) is 10.4 Å². The molecule has 0 radical (unpaired) electrons. The number of hydrazine groups is 1. The molecule has 0 spiro atoms. The van der Waals surface area contributed by atoms with Gasteiger partial charge in [-0.2, -0.15) is 0 Å². The first kappa shape index (κ1) is 13.6. The predicted octanol–water partition coefficient (Wildman–Crippen LogP) is 3.59. The van der Waals surface area contributed by atoms with Crippen LogP contribution in [-0.4, -0.2) is 4.98 Å². The Kier molecular flexibility index (Phi) is 4.43. The Morgan fingerprint density at radius 1 is 1.11 bits per heavy atom. The van der Waals surface area contributed by atoms with Crippen molar-refractivity contribution < 1.29 is 0 Å². The molecule has 0 aliphatic rings. The van der Waals surface area contributed by atoms with Gasteiger partial charge in [-0.15, -0.1) is 0 Å². The molecule has 6 heteroatoms. The lowest BCUT2D eigenvalue weighted by Crippen LogP contribution is -2.29. The zero-order valence-electron chi connectivity index (χ0n) is 9.20. The summed E-state index contributed by atoms with van der Waals surface area (Å²) in [7, 11) is 0. The summed E-state index contributed by atoms with van der Waals surface area (Å²) in [6.07, 6.45) is 1.64. The summed E-state index contributed by atoms with van der Waals surface area (Å²) in [4.78, 5) is 4.02. The van der Waals surface area contributed by atoms with Crippen LogP contribution in [0.1, 0.15) is 17.2 Å². The van der Waals surface area contributed by atoms with E-state index in [0.29, 0.717) is 15.2 Å². The zero-order chi connectivity index (χ0) is 13.1. The number of nitrogens with one attached hydrogen (secondary N) is 1. The maximum Gasteiger partial charge on any atom is 0.129 e. The SMILES string of the molecule is NNC(c1ccc(Cl)nc1)c1cccc(Cl)c1Cl. The number of nitrogens with two attached hydrogens (primary N) is 1. The number of halogens is 3. The van der Waals surface area contributed by atoms with Gasteiger partial charge in [-0.05, 0) is 23.3 Å². The minimum Gasteiger partial charge on any atom is -0.271 e. The molecule has 3 nitrogen and oxygen atoms in total. The summed E-state index contributed by atoms with van der Waals surface area (Å²) in [6.45, 7) is 0. The molecule has 0 aliphatic carbocycles. The third-order valence-corrected chi connectivity index (χ3v) is 3.60. The van der Waals surface area contributed by atoms with Gasteiger partial charge >= 0.3 is 0 Å². The number of hydrogen-bond donors (Lipinski definition) is 2. The Bertz CT molecular complexity index is 543. The molecule has 0 aliphatic heterocycles. The summed E-state index contributed by atoms with van der Waals surface area (Å²) in [5.41, 5.74) is 4.34. The Morgan fingerprint density at radius 3 is 2.50 bits per heavy atom. The van der Waals surface area contributed by atoms with Crippen LogP contribution < -0.4 is 11.3 Å². The molecule has 18 heavy (non-hydrogen) atoms. The van der Waals surface area contributed by atoms with Crippen molar-refractivity contribution in [2.75, 3.05) is 0 Å². The molecule has 2 rings (SSSR count). The second-order valence-electron chi connectivity index (χ2n) is 3.66. The first-order valence-electron chi connectivity index (χ1n) is 5.15. The van der Waals surface area contributed by atoms with E-state index in [4.69, 9.17) is 40.6 Å². The smallest absolute Gasteiger partial charge is 0.129 e. The molecule has 1 unspecified atom stereocenters. The lowest BCUT2D eigenvalue weighted by Gasteiger charge is -2.18. The molecular formula is C12H10Cl3N3. The van der Waals surface area contributed by atoms with E-state index in [1.165, 1.54) is 0 Å². The molecule has 3 N–H and O–H groups in total. The first-order valence-corrected chi connectivity index (χ1v) is 6.28. The van der Waals surface area contributed by atoms with Crippen molar-refractivity contribution in [3.63, 3.8) is 0 Å². The van der Waals surface area contributed by atoms with E-state index in [9.17, 15) is 0 Å². The van der Waals surface area contributed by atoms with Gasteiger partial charge in [-0.25, -0.2) is 10.4 Å². The monoisotopic (exact) mass is 301 g/mol. The van der Waals surface area contributed by atoms with Crippen molar-refractivity contribution in [1.82, 2.24) is 10.4 Å². The van der Waals surface area contributed by atoms with Crippen LogP contribution in [0.5, 0.6) is 0 Å². The van der Waals surface area contributed by atoms with Crippen LogP contribution in [0.3, 0.4) is 0 Å². The molecule has 1 atom stereocenters. The third kappa shape index (κ3) is 2.76. The van der Waals surface area contributed by atoms with Crippen LogP contribution in [0, 0.1) is 0 Å². The Balaban J connectivity index is 2.45. The van der Waals surface area contributed by atoms with E-state index in [0.717, 1.165) is 11.1 Å². The second kappa shape index (κ2) is 5.87. The van der Waals surface area contributed by atoms with Crippen molar-refractivity contribution in [3.05, 3.63) is 62.9 Å². The normalized spacial score (nSPS) is 12.4. The molecule has 0 amide bonds. The molecule has 0 saturated carbocycles. The molecule has 0 fully saturated rings. The van der Waals surface area contributed by atoms with Crippen molar-refractivity contribution in [1.29, 1.82) is 0 Å². The van der Waals surface area contributed by atoms with Gasteiger partial charge < -0.3 is 0 Å². The highest BCUT2D eigenvalue weighted by Gasteiger charge is 2.17. The number of hydrogen-bond acceptors (Lipinski definition) is 3. The molecule has 0 bridgehead atoms. The van der Waals surface area contributed by atoms with E-state index in [1.54, 1.807) is 18.3 Å². The molecule has 0 saturated heterocycles. The molecule has 94 valence electrons. The van der Waals surface area contributed by atoms with Gasteiger partial charge in [0.1, 0.15) is 5.15 Å². The second-order valence-corrected chi connectivity index (χ2v) is 4.83. The number of benzene rings is 1. The van der Waals surface area contributed by atoms with E-state index < -0.39 is 0 Å². The average molecular weight is 303 g/mol. The largest absolute Gasteiger partial charge is 0.271 e. The van der Waals surface area contributed by atoms with Gasteiger partial charge in [0.05, 0.1) is 16.1 Å². The number of nitrogens with zero attached hydrogens (tertiary/aromatic N) is 1. The van der Waals surface area contributed by atoms with Crippen LogP contribution in [0.4, 0.5) is 0 Å². The van der Waals surface area contributed by atoms with Crippen LogP contribution in [-0.2, 0) is 0 Å². The number of pyridine rings is 1. The summed E-state index contributed by atoms with van der Waals surface area (Å²) >= 11 is 17.9. The Hall–Kier alpha value is -0.840. The van der Waals surface area contributed by atoms with E-state index in [1.807, 2.05) is 18.2 Å². The van der Waals surface area contributed by atoms with Crippen LogP contribution in [0.25, 0.3) is 0 Å². The number of aromatic nitrogens is 1. The molecule has 1 aromatic heterocycles. The van der Waals surface area contributed by atoms with Gasteiger partial charge in [0, 0.05) is 6.20 Å². The predicted molar refractivity (Wildman–Crippen MR) is 74.9 cm³/mol. The van der Waals surface area contributed by atoms with Crippen molar-refractivity contribution >= 4 is 34.8 Å². The van der Waals surface area contributed by atoms with Gasteiger partial charge in [0.15, 0.2) is 0 Å². The molecular weight excluding hydrogens is 293 g/mol. The van der Waals surface area contributed by atoms with Crippen molar-refractivity contribution in [3.8, 4) is 0 Å². The highest BCUT2D eigenvalue weighted by Crippen LogP contribution is 2.32. The van der Waals surface area contributed by atoms with E-state index in [-0.39, 0.29) is 6.04 Å². The Labute approximate surface area is 120 Å². The van der Waals surface area contributed by atoms with Crippen LogP contribution in [0.15, 0.2) is 36.5 Å². The molecule has 1 aromatic carbocycles. The zero-order valence-corrected chi connectivity index (χ0v) is 11.5. The lowest BCUT2D eigenvalue weighted by molar-refractivity contribution is 0.635. The standard InChI is InChI=1S/C12H10Cl3N3/c13-9-3-1-2-8(11(9)15)12(18-16)7-4-5-10(14)17-6-7/h1-6,12,18H,16H2. The minimum absolute atomic E-state index is 0.291. The maximum atomic E-state index is 6.17. The van der Waals surface area contributed by atoms with E-state index >= 15 is 0 Å². The van der Waals surface area contributed by atoms with Gasteiger partial charge in [-0.3, -0.25) is 5.84 Å². The van der Waals surface area contributed by atoms with Gasteiger partial charge in [0.2, 0.25) is 0 Å². The van der Waals surface area contributed by atoms with Crippen molar-refractivity contribution in [2.45, 2.75) is 6.04 Å². The minimum atomic E-state index is -0.291. The lowest BCUT2D eigenvalue weighted by atomic mass is 10.0. The van der Waals surface area contributed by atoms with Crippen LogP contribution in [0.2, 0.25) is 15.2 Å². The fraction of sp³-hybridized carbons (Fsp3) is 0.0833. The summed E-state index contributed by atoms with van der Waals surface area (Å²) in [6, 6.07) is 8.63. The highest BCUT2D eigenvalue weighted by atomic mass is 35.5. The van der Waals surface area contributed by atoms with Gasteiger partial charge in [-0.1, -0.05) is 53.0 Å². The average Bonchev–Trinajstić information content (AvgIpc) is 2.37. The van der Waals surface area contributed by atoms with Gasteiger partial charge in [0.25, 0.3) is 0 Å². The fourth-order valence-corrected chi connectivity index (χ4v) is 2.20. The summed E-state index contributed by atoms with van der Waals surface area (Å²) in [5, 5.41) is 1.38. The summed E-state index contributed by atoms with van der Waals surface area (Å²) < 4.78 is 0. The third-order valence-electron chi connectivity index (χ3n) is 2.54. The van der Waals surface area contributed by atoms with Crippen molar-refractivity contribution in [2.24, 2.45) is 5.84 Å². The molecule has 1 heterocycles. The Morgan fingerprint density at radius 2 is 1.89 bits per heavy atom. The quantitative estimate of drug-likeness (QED) is 0.517. The fourth-order valence-electron chi connectivity index (χ4n) is 1.67. The summed E-state index contributed by atoms with van der Waals surface area (Å²) in [5.74, 6) is 5.58. The number of rotatable bonds is 3. The molecule has 2 aromatic rings. The van der Waals surface area contributed by atoms with Crippen LogP contribution >= 0.6 is 34.8 Å². The topological polar surface area (TPSA) is 50.9 Å². The maximum absolute atomic E-state index is 6.17. The highest BCUT2D eigenvalue weighted by molar-refractivity contribution is 6.42.